The molecule has 0 bridgehead atoms. The first-order chi connectivity index (χ1) is 23.2. The second kappa shape index (κ2) is 14.5. The van der Waals surface area contributed by atoms with Crippen molar-refractivity contribution in [2.24, 2.45) is 5.92 Å². The van der Waals surface area contributed by atoms with Gasteiger partial charge >= 0.3 is 0 Å². The Hall–Kier alpha value is -3.99. The molecule has 2 aliphatic rings. The Balaban J connectivity index is 1.31. The van der Waals surface area contributed by atoms with Crippen LogP contribution < -0.4 is 20.3 Å². The second-order valence-electron chi connectivity index (χ2n) is 12.9. The highest BCUT2D eigenvalue weighted by Gasteiger charge is 2.49. The monoisotopic (exact) mass is 717 g/mol. The number of anilines is 1. The third-order valence-corrected chi connectivity index (χ3v) is 10.0. The molecule has 0 aliphatic carbocycles. The zero-order valence-electron chi connectivity index (χ0n) is 28.1. The van der Waals surface area contributed by atoms with E-state index in [4.69, 9.17) is 32.7 Å². The molecule has 2 aromatic heterocycles. The molecule has 1 amide bonds. The van der Waals surface area contributed by atoms with Gasteiger partial charge in [-0.1, -0.05) is 23.2 Å². The molecule has 1 N–H and O–H groups in total. The van der Waals surface area contributed by atoms with Crippen LogP contribution in [0.2, 0.25) is 10.0 Å². The van der Waals surface area contributed by atoms with Gasteiger partial charge in [-0.05, 0) is 57.6 Å². The van der Waals surface area contributed by atoms with Crippen molar-refractivity contribution in [2.75, 3.05) is 52.8 Å². The number of nitrogens with one attached hydrogen (secondary N) is 1. The molecule has 0 radical (unpaired) electrons. The zero-order valence-corrected chi connectivity index (χ0v) is 29.6. The first-order valence-electron chi connectivity index (χ1n) is 16.0. The van der Waals surface area contributed by atoms with Gasteiger partial charge in [-0.2, -0.15) is 10.2 Å². The Kier molecular flexibility index (Phi) is 10.7. The molecule has 2 fully saturated rings. The van der Waals surface area contributed by atoms with Gasteiger partial charge in [0.05, 0.1) is 42.9 Å². The van der Waals surface area contributed by atoms with Crippen LogP contribution in [-0.2, 0) is 11.3 Å². The van der Waals surface area contributed by atoms with Crippen molar-refractivity contribution >= 4 is 46.1 Å². The smallest absolute Gasteiger partial charge is 0.273 e. The number of rotatable bonds is 11. The topological polar surface area (TPSA) is 126 Å². The lowest BCUT2D eigenvalue weighted by molar-refractivity contribution is -0.154. The number of pyridine rings is 1. The van der Waals surface area contributed by atoms with Gasteiger partial charge in [-0.3, -0.25) is 19.1 Å². The second-order valence-corrected chi connectivity index (χ2v) is 13.7. The number of likely N-dealkylation sites (tertiary alicyclic amines) is 2. The third kappa shape index (κ3) is 7.46. The van der Waals surface area contributed by atoms with Crippen molar-refractivity contribution in [1.82, 2.24) is 24.3 Å². The van der Waals surface area contributed by atoms with Gasteiger partial charge in [0.25, 0.3) is 17.4 Å². The van der Waals surface area contributed by atoms with Crippen LogP contribution in [0.3, 0.4) is 0 Å². The van der Waals surface area contributed by atoms with E-state index in [9.17, 15) is 23.6 Å². The van der Waals surface area contributed by atoms with Gasteiger partial charge < -0.3 is 19.7 Å². The Bertz CT molecular complexity index is 1850. The van der Waals surface area contributed by atoms with Gasteiger partial charge in [-0.15, -0.1) is 0 Å². The number of carbonyl (C=O) groups excluding carboxylic acids is 1. The number of hydrogen-bond acceptors (Lipinski definition) is 9. The van der Waals surface area contributed by atoms with Crippen LogP contribution in [0.5, 0.6) is 11.5 Å². The van der Waals surface area contributed by atoms with E-state index in [1.165, 1.54) is 20.3 Å². The molecule has 0 unspecified atom stereocenters. The summed E-state index contributed by atoms with van der Waals surface area (Å²) < 4.78 is 39.4. The summed E-state index contributed by atoms with van der Waals surface area (Å²) in [4.78, 5) is 39.5. The molecule has 0 saturated carbocycles. The van der Waals surface area contributed by atoms with E-state index < -0.39 is 24.6 Å². The number of aryl methyl sites for hydroxylation is 1. The average molecular weight is 719 g/mol. The lowest BCUT2D eigenvalue weighted by atomic mass is 9.91. The number of amides is 1. The number of piperidine rings is 1. The normalized spacial score (nSPS) is 17.1. The summed E-state index contributed by atoms with van der Waals surface area (Å²) in [6.45, 7) is 3.94. The molecule has 2 aliphatic heterocycles. The van der Waals surface area contributed by atoms with Crippen LogP contribution in [0, 0.1) is 17.2 Å². The van der Waals surface area contributed by atoms with E-state index in [1.54, 1.807) is 53.6 Å². The summed E-state index contributed by atoms with van der Waals surface area (Å²) in [7, 11) is 4.62. The molecule has 1 aromatic carbocycles. The van der Waals surface area contributed by atoms with Crippen molar-refractivity contribution in [3.63, 3.8) is 0 Å². The molecule has 4 heterocycles. The lowest BCUT2D eigenvalue weighted by Gasteiger charge is -2.47. The molecule has 262 valence electrons. The standard InChI is InChI=1S/C34H39Cl2F2N7O4/c1-33(2,44-18-34(37,38)19-44)15-22(16-39)30(46)43-11-8-20(9-12-43)7-6-10-45-29-21(17-41-32(40-3)42-29)13-23(31(45)47)26-27(35)24(48-4)14-25(49-5)28(26)36/h13-15,17,20H,6-12,18-19H2,1-5H3,(H,40,41,42). The molecule has 11 nitrogen and oxygen atoms in total. The number of methoxy groups -OCH3 is 2. The summed E-state index contributed by atoms with van der Waals surface area (Å²) in [6.07, 6.45) is 6.01. The predicted octanol–water partition coefficient (Wildman–Crippen LogP) is 6.02. The van der Waals surface area contributed by atoms with E-state index in [0.29, 0.717) is 54.5 Å². The SMILES string of the molecule is CNc1ncc2cc(-c3c(Cl)c(OC)cc(OC)c3Cl)c(=O)n(CCCC3CCN(C(=O)C(C#N)=CC(C)(C)N4CC(F)(F)C4)CC3)c2n1. The highest BCUT2D eigenvalue weighted by Crippen LogP contribution is 2.45. The molecular weight excluding hydrogens is 679 g/mol. The third-order valence-electron chi connectivity index (χ3n) is 9.30. The van der Waals surface area contributed by atoms with Crippen LogP contribution in [0.15, 0.2) is 34.8 Å². The number of halogens is 4. The number of nitriles is 1. The maximum absolute atomic E-state index is 14.1. The highest BCUT2D eigenvalue weighted by atomic mass is 35.5. The first kappa shape index (κ1) is 36.3. The number of aromatic nitrogens is 3. The van der Waals surface area contributed by atoms with Gasteiger partial charge in [0, 0.05) is 55.4 Å². The van der Waals surface area contributed by atoms with E-state index in [-0.39, 0.29) is 44.1 Å². The summed E-state index contributed by atoms with van der Waals surface area (Å²) in [5.74, 6) is -1.88. The van der Waals surface area contributed by atoms with Crippen LogP contribution in [0.25, 0.3) is 22.2 Å². The van der Waals surface area contributed by atoms with E-state index in [0.717, 1.165) is 19.3 Å². The molecule has 3 aromatic rings. The molecule has 0 spiro atoms. The Morgan fingerprint density at radius 3 is 2.35 bits per heavy atom. The maximum Gasteiger partial charge on any atom is 0.273 e. The Morgan fingerprint density at radius 1 is 1.16 bits per heavy atom. The first-order valence-corrected chi connectivity index (χ1v) is 16.7. The average Bonchev–Trinajstić information content (AvgIpc) is 3.07. The van der Waals surface area contributed by atoms with Crippen molar-refractivity contribution in [2.45, 2.75) is 57.5 Å². The Labute approximate surface area is 293 Å². The maximum atomic E-state index is 14.1. The molecule has 2 saturated heterocycles. The number of hydrogen-bond donors (Lipinski definition) is 1. The van der Waals surface area contributed by atoms with Crippen molar-refractivity contribution < 1.29 is 23.0 Å². The van der Waals surface area contributed by atoms with E-state index in [1.807, 2.05) is 6.07 Å². The predicted molar refractivity (Wildman–Crippen MR) is 185 cm³/mol. The fraction of sp³-hybridized carbons (Fsp3) is 0.500. The van der Waals surface area contributed by atoms with Crippen molar-refractivity contribution in [3.8, 4) is 28.7 Å². The molecular formula is C34H39Cl2F2N7O4. The molecule has 0 atom stereocenters. The number of nitrogens with zero attached hydrogens (tertiary/aromatic N) is 6. The Morgan fingerprint density at radius 2 is 1.80 bits per heavy atom. The number of carbonyl (C=O) groups is 1. The molecule has 5 rings (SSSR count). The van der Waals surface area contributed by atoms with E-state index >= 15 is 0 Å². The van der Waals surface area contributed by atoms with Gasteiger partial charge in [0.15, 0.2) is 0 Å². The highest BCUT2D eigenvalue weighted by molar-refractivity contribution is 6.41. The van der Waals surface area contributed by atoms with E-state index in [2.05, 4.69) is 15.3 Å². The molecule has 49 heavy (non-hydrogen) atoms. The summed E-state index contributed by atoms with van der Waals surface area (Å²) in [5.41, 5.74) is -0.243. The summed E-state index contributed by atoms with van der Waals surface area (Å²) in [5, 5.41) is 13.6. The van der Waals surface area contributed by atoms with Crippen molar-refractivity contribution in [1.29, 1.82) is 5.26 Å². The lowest BCUT2D eigenvalue weighted by Crippen LogP contribution is -2.63. The number of fused-ring (bicyclic) bond motifs is 1. The number of alkyl halides is 2. The van der Waals surface area contributed by atoms with Crippen LogP contribution in [0.1, 0.15) is 39.5 Å². The summed E-state index contributed by atoms with van der Waals surface area (Å²) in [6, 6.07) is 5.21. The van der Waals surface area contributed by atoms with Crippen LogP contribution in [0.4, 0.5) is 14.7 Å². The number of ether oxygens (including phenoxy) is 2. The minimum absolute atomic E-state index is 0.0402. The summed E-state index contributed by atoms with van der Waals surface area (Å²) >= 11 is 13.4. The van der Waals surface area contributed by atoms with Gasteiger partial charge in [-0.25, -0.2) is 13.8 Å². The minimum atomic E-state index is -2.75. The quantitative estimate of drug-likeness (QED) is 0.187. The number of benzene rings is 1. The van der Waals surface area contributed by atoms with Crippen LogP contribution >= 0.6 is 23.2 Å². The van der Waals surface area contributed by atoms with Crippen molar-refractivity contribution in [3.05, 3.63) is 50.4 Å². The fourth-order valence-corrected chi connectivity index (χ4v) is 7.13. The fourth-order valence-electron chi connectivity index (χ4n) is 6.43. The largest absolute Gasteiger partial charge is 0.495 e. The van der Waals surface area contributed by atoms with Crippen LogP contribution in [-0.4, -0.2) is 89.1 Å². The molecule has 15 heteroatoms. The van der Waals surface area contributed by atoms with Gasteiger partial charge in [0.2, 0.25) is 5.95 Å². The van der Waals surface area contributed by atoms with Gasteiger partial charge in [0.1, 0.15) is 28.8 Å². The minimum Gasteiger partial charge on any atom is -0.495 e. The zero-order chi connectivity index (χ0) is 35.7.